The molecule has 0 unspecified atom stereocenters. The molecule has 0 aliphatic carbocycles. The van der Waals surface area contributed by atoms with Crippen LogP contribution in [-0.2, 0) is 20.9 Å². The van der Waals surface area contributed by atoms with Crippen LogP contribution in [-0.4, -0.2) is 29.8 Å². The molecule has 2 aromatic carbocycles. The molecule has 0 fully saturated rings. The zero-order chi connectivity index (χ0) is 18.1. The average molecular weight is 343 g/mol. The molecule has 0 heterocycles. The number of hydrogen-bond donors (Lipinski definition) is 2. The van der Waals surface area contributed by atoms with Crippen LogP contribution >= 0.6 is 0 Å². The molecule has 0 aliphatic rings. The summed E-state index contributed by atoms with van der Waals surface area (Å²) in [5.74, 6) is -0.726. The van der Waals surface area contributed by atoms with Gasteiger partial charge in [-0.15, -0.1) is 0 Å². The summed E-state index contributed by atoms with van der Waals surface area (Å²) < 4.78 is 10.0. The topological polar surface area (TPSA) is 84.9 Å². The normalized spacial score (nSPS) is 12.7. The van der Waals surface area contributed by atoms with Crippen molar-refractivity contribution in [1.29, 1.82) is 0 Å². The maximum absolute atomic E-state index is 12.1. The molecule has 0 saturated carbocycles. The van der Waals surface area contributed by atoms with Gasteiger partial charge in [-0.25, -0.2) is 9.59 Å². The minimum absolute atomic E-state index is 0.0592. The highest BCUT2D eigenvalue weighted by molar-refractivity contribution is 5.82. The molecule has 132 valence electrons. The van der Waals surface area contributed by atoms with Crippen LogP contribution in [0.4, 0.5) is 4.79 Å². The number of nitrogens with one attached hydrogen (secondary N) is 1. The Hall–Kier alpha value is -2.86. The number of amides is 1. The van der Waals surface area contributed by atoms with Crippen LogP contribution in [0, 0.1) is 0 Å². The third kappa shape index (κ3) is 5.61. The Bertz CT molecular complexity index is 675. The number of aliphatic hydroxyl groups is 1. The van der Waals surface area contributed by atoms with E-state index in [1.54, 1.807) is 37.3 Å². The quantitative estimate of drug-likeness (QED) is 0.755. The minimum atomic E-state index is -1.26. The van der Waals surface area contributed by atoms with E-state index in [4.69, 9.17) is 9.47 Å². The highest BCUT2D eigenvalue weighted by Gasteiger charge is 2.31. The van der Waals surface area contributed by atoms with Gasteiger partial charge in [-0.1, -0.05) is 60.7 Å². The van der Waals surface area contributed by atoms with E-state index in [0.29, 0.717) is 5.56 Å². The maximum Gasteiger partial charge on any atom is 0.408 e. The number of esters is 1. The molecule has 1 amide bonds. The van der Waals surface area contributed by atoms with Crippen LogP contribution in [0.2, 0.25) is 0 Å². The lowest BCUT2D eigenvalue weighted by Crippen LogP contribution is -2.46. The zero-order valence-corrected chi connectivity index (χ0v) is 13.9. The van der Waals surface area contributed by atoms with Gasteiger partial charge in [0, 0.05) is 0 Å². The Morgan fingerprint density at radius 2 is 1.60 bits per heavy atom. The van der Waals surface area contributed by atoms with Gasteiger partial charge in [-0.3, -0.25) is 0 Å². The molecular formula is C19H21NO5. The van der Waals surface area contributed by atoms with Gasteiger partial charge in [-0.2, -0.15) is 0 Å². The van der Waals surface area contributed by atoms with Crippen LogP contribution < -0.4 is 5.32 Å². The van der Waals surface area contributed by atoms with Gasteiger partial charge in [0.25, 0.3) is 0 Å². The van der Waals surface area contributed by atoms with Gasteiger partial charge in [0.2, 0.25) is 0 Å². The first-order valence-corrected chi connectivity index (χ1v) is 7.98. The number of hydrogen-bond acceptors (Lipinski definition) is 5. The van der Waals surface area contributed by atoms with E-state index in [1.807, 2.05) is 30.3 Å². The highest BCUT2D eigenvalue weighted by atomic mass is 16.6. The monoisotopic (exact) mass is 343 g/mol. The fraction of sp³-hybridized carbons (Fsp3) is 0.263. The summed E-state index contributed by atoms with van der Waals surface area (Å²) in [5, 5.41) is 12.8. The zero-order valence-electron chi connectivity index (χ0n) is 13.9. The van der Waals surface area contributed by atoms with Gasteiger partial charge < -0.3 is 19.9 Å². The second-order valence-corrected chi connectivity index (χ2v) is 5.29. The van der Waals surface area contributed by atoms with Crippen molar-refractivity contribution in [3.63, 3.8) is 0 Å². The lowest BCUT2D eigenvalue weighted by atomic mass is 10.0. The van der Waals surface area contributed by atoms with Crippen LogP contribution in [0.1, 0.15) is 24.2 Å². The van der Waals surface area contributed by atoms with Gasteiger partial charge in [0.15, 0.2) is 6.04 Å². The van der Waals surface area contributed by atoms with Crippen molar-refractivity contribution in [2.24, 2.45) is 0 Å². The Morgan fingerprint density at radius 3 is 2.20 bits per heavy atom. The first-order valence-electron chi connectivity index (χ1n) is 7.98. The number of benzene rings is 2. The number of aliphatic hydroxyl groups excluding tert-OH is 1. The molecule has 2 aromatic rings. The third-order valence-corrected chi connectivity index (χ3v) is 3.48. The summed E-state index contributed by atoms with van der Waals surface area (Å²) in [7, 11) is 0. The van der Waals surface area contributed by atoms with Crippen molar-refractivity contribution in [2.75, 3.05) is 6.61 Å². The van der Waals surface area contributed by atoms with Gasteiger partial charge >= 0.3 is 12.1 Å². The van der Waals surface area contributed by atoms with Crippen molar-refractivity contribution in [3.05, 3.63) is 71.8 Å². The largest absolute Gasteiger partial charge is 0.464 e. The number of rotatable bonds is 7. The molecule has 6 nitrogen and oxygen atoms in total. The Balaban J connectivity index is 2.02. The van der Waals surface area contributed by atoms with Crippen molar-refractivity contribution in [2.45, 2.75) is 25.7 Å². The smallest absolute Gasteiger partial charge is 0.408 e. The molecule has 0 radical (unpaired) electrons. The first-order chi connectivity index (χ1) is 12.1. The standard InChI is InChI=1S/C19H21NO5/c1-2-24-18(22)16(17(21)15-11-7-4-8-12-15)20-19(23)25-13-14-9-5-3-6-10-14/h3-12,16-17,21H,2,13H2,1H3,(H,20,23)/t16-,17+/m1/s1. The molecule has 2 rings (SSSR count). The summed E-state index contributed by atoms with van der Waals surface area (Å²) in [5.41, 5.74) is 1.30. The van der Waals surface area contributed by atoms with Crippen molar-refractivity contribution < 1.29 is 24.2 Å². The van der Waals surface area contributed by atoms with Crippen molar-refractivity contribution in [1.82, 2.24) is 5.32 Å². The van der Waals surface area contributed by atoms with E-state index in [-0.39, 0.29) is 13.2 Å². The molecular weight excluding hydrogens is 322 g/mol. The van der Waals surface area contributed by atoms with E-state index < -0.39 is 24.2 Å². The minimum Gasteiger partial charge on any atom is -0.464 e. The Morgan fingerprint density at radius 1 is 1.00 bits per heavy atom. The summed E-state index contributed by atoms with van der Waals surface area (Å²) in [6.45, 7) is 1.85. The molecule has 0 aliphatic heterocycles. The Labute approximate surface area is 146 Å². The summed E-state index contributed by atoms with van der Waals surface area (Å²) in [6.07, 6.45) is -2.05. The SMILES string of the molecule is CCOC(=O)[C@H](NC(=O)OCc1ccccc1)[C@@H](O)c1ccccc1. The fourth-order valence-corrected chi connectivity index (χ4v) is 2.23. The summed E-state index contributed by atoms with van der Waals surface area (Å²) in [6, 6.07) is 16.5. The van der Waals surface area contributed by atoms with Gasteiger partial charge in [0.05, 0.1) is 6.61 Å². The van der Waals surface area contributed by atoms with E-state index >= 15 is 0 Å². The third-order valence-electron chi connectivity index (χ3n) is 3.48. The maximum atomic E-state index is 12.1. The molecule has 0 aromatic heterocycles. The number of carbonyl (C=O) groups is 2. The highest BCUT2D eigenvalue weighted by Crippen LogP contribution is 2.18. The first kappa shape index (κ1) is 18.5. The Kier molecular flexibility index (Phi) is 6.98. The summed E-state index contributed by atoms with van der Waals surface area (Å²) >= 11 is 0. The van der Waals surface area contributed by atoms with Crippen molar-refractivity contribution >= 4 is 12.1 Å². The van der Waals surface area contributed by atoms with E-state index in [0.717, 1.165) is 5.56 Å². The lowest BCUT2D eigenvalue weighted by Gasteiger charge is -2.22. The average Bonchev–Trinajstić information content (AvgIpc) is 2.65. The van der Waals surface area contributed by atoms with E-state index in [2.05, 4.69) is 5.32 Å². The molecule has 6 heteroatoms. The van der Waals surface area contributed by atoms with E-state index in [9.17, 15) is 14.7 Å². The molecule has 25 heavy (non-hydrogen) atoms. The number of alkyl carbamates (subject to hydrolysis) is 1. The second-order valence-electron chi connectivity index (χ2n) is 5.29. The summed E-state index contributed by atoms with van der Waals surface area (Å²) in [4.78, 5) is 24.1. The van der Waals surface area contributed by atoms with Gasteiger partial charge in [-0.05, 0) is 18.1 Å². The predicted molar refractivity (Wildman–Crippen MR) is 91.6 cm³/mol. The molecule has 0 saturated heterocycles. The van der Waals surface area contributed by atoms with Crippen molar-refractivity contribution in [3.8, 4) is 0 Å². The van der Waals surface area contributed by atoms with E-state index in [1.165, 1.54) is 0 Å². The number of carbonyl (C=O) groups excluding carboxylic acids is 2. The van der Waals surface area contributed by atoms with Crippen LogP contribution in [0.15, 0.2) is 60.7 Å². The molecule has 0 bridgehead atoms. The molecule has 2 N–H and O–H groups in total. The molecule has 2 atom stereocenters. The van der Waals surface area contributed by atoms with Crippen LogP contribution in [0.3, 0.4) is 0 Å². The lowest BCUT2D eigenvalue weighted by molar-refractivity contribution is -0.148. The number of ether oxygens (including phenoxy) is 2. The van der Waals surface area contributed by atoms with Crippen LogP contribution in [0.25, 0.3) is 0 Å². The van der Waals surface area contributed by atoms with Gasteiger partial charge in [0.1, 0.15) is 12.7 Å². The fourth-order valence-electron chi connectivity index (χ4n) is 2.23. The second kappa shape index (κ2) is 9.44. The molecule has 0 spiro atoms. The van der Waals surface area contributed by atoms with Crippen LogP contribution in [0.5, 0.6) is 0 Å². The predicted octanol–water partition coefficient (Wildman–Crippen LogP) is 2.58.